The number of nitrogens with zero attached hydrogens (tertiary/aromatic N) is 2. The van der Waals surface area contributed by atoms with Crippen LogP contribution >= 0.6 is 11.8 Å². The summed E-state index contributed by atoms with van der Waals surface area (Å²) in [4.78, 5) is 55.1. The van der Waals surface area contributed by atoms with Crippen LogP contribution in [0.15, 0.2) is 78.9 Å². The Hall–Kier alpha value is -4.87. The highest BCUT2D eigenvalue weighted by Crippen LogP contribution is 2.44. The van der Waals surface area contributed by atoms with Gasteiger partial charge in [-0.2, -0.15) is 0 Å². The van der Waals surface area contributed by atoms with E-state index in [-0.39, 0.29) is 42.4 Å². The molecule has 0 aromatic heterocycles. The summed E-state index contributed by atoms with van der Waals surface area (Å²) in [6.07, 6.45) is -0.734. The number of carboxylic acid groups (broad SMARTS) is 1. The third kappa shape index (κ3) is 5.81. The summed E-state index contributed by atoms with van der Waals surface area (Å²) in [5.74, 6) is -1.77. The number of morpholine rings is 1. The molecule has 4 aromatic carbocycles. The minimum absolute atomic E-state index is 0.0516. The normalized spacial score (nSPS) is 16.2. The highest BCUT2D eigenvalue weighted by molar-refractivity contribution is 7.99. The van der Waals surface area contributed by atoms with Gasteiger partial charge in [0.2, 0.25) is 0 Å². The van der Waals surface area contributed by atoms with Crippen molar-refractivity contribution in [1.82, 2.24) is 10.2 Å². The zero-order valence-electron chi connectivity index (χ0n) is 25.5. The molecule has 1 fully saturated rings. The predicted molar refractivity (Wildman–Crippen MR) is 179 cm³/mol. The lowest BCUT2D eigenvalue weighted by molar-refractivity contribution is -0.139. The molecule has 240 valence electrons. The summed E-state index contributed by atoms with van der Waals surface area (Å²) in [5.41, 5.74) is 6.22. The number of ether oxygens (including phenoxy) is 2. The Balaban J connectivity index is 0.953. The number of thioether (sulfide) groups is 1. The highest BCUT2D eigenvalue weighted by atomic mass is 32.2. The molecule has 11 heteroatoms. The molecule has 1 atom stereocenters. The van der Waals surface area contributed by atoms with E-state index in [1.54, 1.807) is 12.1 Å². The molecule has 7 rings (SSSR count). The Kier molecular flexibility index (Phi) is 8.57. The lowest BCUT2D eigenvalue weighted by Gasteiger charge is -2.32. The Bertz CT molecular complexity index is 1820. The lowest BCUT2D eigenvalue weighted by atomic mass is 9.93. The van der Waals surface area contributed by atoms with Crippen molar-refractivity contribution in [3.05, 3.63) is 101 Å². The molecule has 0 spiro atoms. The van der Waals surface area contributed by atoms with Crippen molar-refractivity contribution in [2.24, 2.45) is 0 Å². The third-order valence-corrected chi connectivity index (χ3v) is 9.99. The topological polar surface area (TPSA) is 125 Å². The Morgan fingerprint density at radius 2 is 1.51 bits per heavy atom. The molecule has 0 radical (unpaired) electrons. The predicted octanol–water partition coefficient (Wildman–Crippen LogP) is 5.35. The zero-order valence-corrected chi connectivity index (χ0v) is 26.3. The van der Waals surface area contributed by atoms with E-state index < -0.39 is 18.1 Å². The van der Waals surface area contributed by atoms with E-state index >= 15 is 0 Å². The van der Waals surface area contributed by atoms with Crippen molar-refractivity contribution in [2.45, 2.75) is 18.4 Å². The van der Waals surface area contributed by atoms with Gasteiger partial charge in [0, 0.05) is 46.6 Å². The molecule has 0 unspecified atom stereocenters. The fourth-order valence-electron chi connectivity index (χ4n) is 6.72. The average molecular weight is 652 g/mol. The van der Waals surface area contributed by atoms with Gasteiger partial charge in [-0.15, -0.1) is 11.8 Å². The fraction of sp³-hybridized carbons (Fsp3) is 0.278. The van der Waals surface area contributed by atoms with Gasteiger partial charge in [0.25, 0.3) is 11.8 Å². The quantitative estimate of drug-likeness (QED) is 0.173. The summed E-state index contributed by atoms with van der Waals surface area (Å²) >= 11 is 1.26. The molecule has 10 nitrogen and oxygen atoms in total. The average Bonchev–Trinajstić information content (AvgIpc) is 3.42. The van der Waals surface area contributed by atoms with Gasteiger partial charge in [-0.3, -0.25) is 14.5 Å². The van der Waals surface area contributed by atoms with Crippen molar-refractivity contribution < 1.29 is 33.8 Å². The number of rotatable bonds is 10. The summed E-state index contributed by atoms with van der Waals surface area (Å²) < 4.78 is 11.0. The van der Waals surface area contributed by atoms with Gasteiger partial charge in [0.1, 0.15) is 12.6 Å². The monoisotopic (exact) mass is 651 g/mol. The first-order valence-corrected chi connectivity index (χ1v) is 16.7. The number of nitrogens with one attached hydrogen (secondary N) is 1. The molecule has 3 amide bonds. The Morgan fingerprint density at radius 3 is 2.19 bits per heavy atom. The summed E-state index contributed by atoms with van der Waals surface area (Å²) in [6, 6.07) is 24.0. The van der Waals surface area contributed by atoms with Gasteiger partial charge < -0.3 is 24.8 Å². The van der Waals surface area contributed by atoms with E-state index in [1.807, 2.05) is 66.7 Å². The second-order valence-electron chi connectivity index (χ2n) is 11.7. The van der Waals surface area contributed by atoms with E-state index in [4.69, 9.17) is 9.47 Å². The number of amides is 3. The molecular weight excluding hydrogens is 618 g/mol. The molecule has 2 aliphatic heterocycles. The van der Waals surface area contributed by atoms with Crippen LogP contribution in [0.1, 0.15) is 44.2 Å². The van der Waals surface area contributed by atoms with Crippen LogP contribution in [0.4, 0.5) is 10.5 Å². The molecule has 4 aromatic rings. The van der Waals surface area contributed by atoms with Crippen molar-refractivity contribution in [3.8, 4) is 11.1 Å². The van der Waals surface area contributed by atoms with Crippen LogP contribution < -0.4 is 10.2 Å². The van der Waals surface area contributed by atoms with Crippen molar-refractivity contribution in [1.29, 1.82) is 0 Å². The number of benzene rings is 4. The molecule has 2 N–H and O–H groups in total. The molecule has 47 heavy (non-hydrogen) atoms. The van der Waals surface area contributed by atoms with Crippen molar-refractivity contribution in [3.63, 3.8) is 0 Å². The van der Waals surface area contributed by atoms with Gasteiger partial charge >= 0.3 is 12.1 Å². The van der Waals surface area contributed by atoms with Crippen molar-refractivity contribution >= 4 is 52.1 Å². The maximum absolute atomic E-state index is 13.5. The number of anilines is 1. The molecule has 3 aliphatic rings. The molecule has 2 heterocycles. The number of alkyl carbamates (subject to hydrolysis) is 1. The van der Waals surface area contributed by atoms with Crippen LogP contribution in [0, 0.1) is 0 Å². The van der Waals surface area contributed by atoms with E-state index in [0.29, 0.717) is 29.7 Å². The van der Waals surface area contributed by atoms with Crippen LogP contribution in [0.2, 0.25) is 0 Å². The minimum Gasteiger partial charge on any atom is -0.480 e. The largest absolute Gasteiger partial charge is 0.480 e. The number of hydrogen-bond acceptors (Lipinski definition) is 8. The summed E-state index contributed by atoms with van der Waals surface area (Å²) in [7, 11) is 0. The van der Waals surface area contributed by atoms with E-state index in [0.717, 1.165) is 46.4 Å². The second-order valence-corrected chi connectivity index (χ2v) is 12.8. The maximum Gasteiger partial charge on any atom is 0.407 e. The highest BCUT2D eigenvalue weighted by Gasteiger charge is 2.34. The number of carboxylic acids is 1. The van der Waals surface area contributed by atoms with Crippen LogP contribution in [0.25, 0.3) is 21.9 Å². The van der Waals surface area contributed by atoms with Crippen LogP contribution in [-0.4, -0.2) is 84.5 Å². The number of imide groups is 1. The Labute approximate surface area is 275 Å². The number of fused-ring (bicyclic) bond motifs is 3. The summed E-state index contributed by atoms with van der Waals surface area (Å²) in [6.45, 7) is 2.78. The Morgan fingerprint density at radius 1 is 0.872 bits per heavy atom. The maximum atomic E-state index is 13.5. The van der Waals surface area contributed by atoms with Crippen LogP contribution in [0.3, 0.4) is 0 Å². The van der Waals surface area contributed by atoms with Gasteiger partial charge in [-0.1, -0.05) is 60.7 Å². The minimum atomic E-state index is -1.20. The molecule has 0 saturated carbocycles. The zero-order chi connectivity index (χ0) is 32.5. The van der Waals surface area contributed by atoms with Gasteiger partial charge in [0.05, 0.1) is 19.1 Å². The van der Waals surface area contributed by atoms with Gasteiger partial charge in [-0.25, -0.2) is 9.59 Å². The third-order valence-electron chi connectivity index (χ3n) is 9.03. The number of aliphatic carboxylic acids is 1. The number of hydrogen-bond donors (Lipinski definition) is 2. The fourth-order valence-corrected chi connectivity index (χ4v) is 7.67. The smallest absolute Gasteiger partial charge is 0.407 e. The lowest BCUT2D eigenvalue weighted by Crippen LogP contribution is -2.42. The van der Waals surface area contributed by atoms with E-state index in [2.05, 4.69) is 10.2 Å². The van der Waals surface area contributed by atoms with Gasteiger partial charge in [-0.05, 0) is 52.6 Å². The van der Waals surface area contributed by atoms with Crippen molar-refractivity contribution in [2.75, 3.05) is 49.4 Å². The van der Waals surface area contributed by atoms with E-state index in [1.165, 1.54) is 16.7 Å². The van der Waals surface area contributed by atoms with Crippen LogP contribution in [-0.2, 0) is 14.3 Å². The first-order chi connectivity index (χ1) is 22.9. The van der Waals surface area contributed by atoms with E-state index in [9.17, 15) is 24.3 Å². The molecular formula is C36H33N3O7S. The first kappa shape index (κ1) is 30.8. The summed E-state index contributed by atoms with van der Waals surface area (Å²) in [5, 5.41) is 13.8. The standard InChI is InChI=1S/C36H33N3O7S/c40-33-27-11-5-10-26-31(38-15-17-45-18-16-38)13-12-28(32(26)27)34(41)39(33)21-47-19-14-30(35(42)43)37-36(44)46-20-29-24-8-3-1-6-22(24)23-7-2-4-9-25(23)29/h1-13,29-30H,14-21H2,(H,37,44)(H,42,43)/t30-/m0/s1. The van der Waals surface area contributed by atoms with Crippen LogP contribution in [0.5, 0.6) is 0 Å². The molecule has 1 aliphatic carbocycles. The molecule has 0 bridgehead atoms. The van der Waals surface area contributed by atoms with Gasteiger partial charge in [0.15, 0.2) is 0 Å². The number of carbonyl (C=O) groups is 4. The second kappa shape index (κ2) is 13.1. The molecule has 1 saturated heterocycles. The first-order valence-electron chi connectivity index (χ1n) is 15.6. The number of carbonyl (C=O) groups excluding carboxylic acids is 3. The SMILES string of the molecule is O=C(N[C@@H](CCSCN1C(=O)c2cccc3c(N4CCOCC4)ccc(c23)C1=O)C(=O)O)OCC1c2ccccc2-c2ccccc21.